The van der Waals surface area contributed by atoms with Crippen LogP contribution in [0, 0.1) is 5.82 Å². The molecular formula is C27H42B2FNO8. The molecule has 1 aromatic carbocycles. The lowest BCUT2D eigenvalue weighted by Gasteiger charge is -2.32. The van der Waals surface area contributed by atoms with E-state index in [9.17, 15) is 9.59 Å². The molecule has 1 atom stereocenters. The van der Waals surface area contributed by atoms with Crippen molar-refractivity contribution in [3.05, 3.63) is 23.5 Å². The molecule has 3 rings (SSSR count). The van der Waals surface area contributed by atoms with Crippen LogP contribution in [0.25, 0.3) is 0 Å². The first-order valence-electron chi connectivity index (χ1n) is 13.2. The first-order valence-corrected chi connectivity index (χ1v) is 13.2. The minimum atomic E-state index is -1.10. The van der Waals surface area contributed by atoms with Gasteiger partial charge in [0.2, 0.25) is 0 Å². The van der Waals surface area contributed by atoms with E-state index >= 15 is 4.39 Å². The fourth-order valence-corrected chi connectivity index (χ4v) is 4.16. The van der Waals surface area contributed by atoms with E-state index in [1.54, 1.807) is 32.9 Å². The van der Waals surface area contributed by atoms with Gasteiger partial charge in [0.1, 0.15) is 17.5 Å². The lowest BCUT2D eigenvalue weighted by molar-refractivity contribution is -0.143. The number of esters is 1. The molecule has 1 N–H and O–H groups in total. The predicted octanol–water partition coefficient (Wildman–Crippen LogP) is 3.03. The average molecular weight is 549 g/mol. The Bertz CT molecular complexity index is 1030. The number of halogens is 1. The minimum Gasteiger partial charge on any atom is -0.467 e. The summed E-state index contributed by atoms with van der Waals surface area (Å²) in [4.78, 5) is 25.1. The zero-order valence-corrected chi connectivity index (χ0v) is 25.2. The topological polar surface area (TPSA) is 102 Å². The summed E-state index contributed by atoms with van der Waals surface area (Å²) < 4.78 is 51.1. The van der Waals surface area contributed by atoms with E-state index in [4.69, 9.17) is 28.1 Å². The van der Waals surface area contributed by atoms with E-state index in [0.717, 1.165) is 0 Å². The number of hydrogen-bond donors (Lipinski definition) is 1. The van der Waals surface area contributed by atoms with Gasteiger partial charge in [0.05, 0.1) is 29.5 Å². The van der Waals surface area contributed by atoms with Gasteiger partial charge in [-0.25, -0.2) is 14.0 Å². The molecule has 0 unspecified atom stereocenters. The Balaban J connectivity index is 2.06. The van der Waals surface area contributed by atoms with Crippen LogP contribution < -0.4 is 16.2 Å². The summed E-state index contributed by atoms with van der Waals surface area (Å²) in [6.07, 6.45) is -0.803. The molecule has 1 aromatic rings. The fraction of sp³-hybridized carbons (Fsp3) is 0.704. The van der Waals surface area contributed by atoms with Crippen molar-refractivity contribution in [1.82, 2.24) is 5.32 Å². The fourth-order valence-electron chi connectivity index (χ4n) is 4.16. The third kappa shape index (κ3) is 6.61. The Morgan fingerprint density at radius 3 is 1.59 bits per heavy atom. The Morgan fingerprint density at radius 2 is 1.26 bits per heavy atom. The molecular weight excluding hydrogens is 507 g/mol. The lowest BCUT2D eigenvalue weighted by atomic mass is 9.69. The molecule has 2 heterocycles. The van der Waals surface area contributed by atoms with Gasteiger partial charge >= 0.3 is 26.3 Å². The molecule has 2 aliphatic heterocycles. The van der Waals surface area contributed by atoms with Gasteiger partial charge in [-0.05, 0) is 81.7 Å². The molecule has 9 nitrogen and oxygen atoms in total. The van der Waals surface area contributed by atoms with Crippen molar-refractivity contribution in [3.8, 4) is 0 Å². The normalized spacial score (nSPS) is 22.0. The molecule has 2 aliphatic rings. The third-order valence-corrected chi connectivity index (χ3v) is 7.82. The number of alkyl carbamates (subject to hydrolysis) is 1. The lowest BCUT2D eigenvalue weighted by Crippen LogP contribution is -2.47. The minimum absolute atomic E-state index is 0.0226. The van der Waals surface area contributed by atoms with Crippen LogP contribution in [-0.4, -0.2) is 67.5 Å². The summed E-state index contributed by atoms with van der Waals surface area (Å²) in [5.74, 6) is -1.27. The number of rotatable bonds is 6. The van der Waals surface area contributed by atoms with E-state index in [2.05, 4.69) is 5.32 Å². The average Bonchev–Trinajstić information content (AvgIpc) is 3.11. The smallest absolute Gasteiger partial charge is 0.467 e. The molecule has 0 bridgehead atoms. The van der Waals surface area contributed by atoms with Gasteiger partial charge in [-0.2, -0.15) is 0 Å². The maximum atomic E-state index is 16.2. The van der Waals surface area contributed by atoms with Crippen molar-refractivity contribution in [3.63, 3.8) is 0 Å². The van der Waals surface area contributed by atoms with Crippen molar-refractivity contribution in [2.75, 3.05) is 7.11 Å². The molecule has 0 aromatic heterocycles. The molecule has 0 spiro atoms. The van der Waals surface area contributed by atoms with Gasteiger partial charge in [-0.1, -0.05) is 12.1 Å². The Kier molecular flexibility index (Phi) is 8.34. The Morgan fingerprint density at radius 1 is 0.872 bits per heavy atom. The highest BCUT2D eigenvalue weighted by Crippen LogP contribution is 2.38. The highest BCUT2D eigenvalue weighted by molar-refractivity contribution is 6.66. The summed E-state index contributed by atoms with van der Waals surface area (Å²) in [5, 5.41) is 2.56. The van der Waals surface area contributed by atoms with Crippen molar-refractivity contribution in [2.45, 2.75) is 117 Å². The van der Waals surface area contributed by atoms with E-state index in [1.165, 1.54) is 7.11 Å². The molecule has 1 amide bonds. The number of amides is 1. The summed E-state index contributed by atoms with van der Waals surface area (Å²) >= 11 is 0. The van der Waals surface area contributed by atoms with Gasteiger partial charge < -0.3 is 33.4 Å². The molecule has 2 saturated heterocycles. The second-order valence-electron chi connectivity index (χ2n) is 13.2. The Labute approximate surface area is 232 Å². The molecule has 0 saturated carbocycles. The molecule has 39 heavy (non-hydrogen) atoms. The summed E-state index contributed by atoms with van der Waals surface area (Å²) in [7, 11) is -0.819. The molecule has 0 radical (unpaired) electrons. The van der Waals surface area contributed by atoms with Crippen LogP contribution in [0.4, 0.5) is 9.18 Å². The Hall–Kier alpha value is -2.14. The molecule has 12 heteroatoms. The van der Waals surface area contributed by atoms with E-state index in [1.807, 2.05) is 55.4 Å². The molecule has 216 valence electrons. The quantitative estimate of drug-likeness (QED) is 0.427. The maximum Gasteiger partial charge on any atom is 0.497 e. The van der Waals surface area contributed by atoms with Crippen LogP contribution in [0.15, 0.2) is 12.1 Å². The highest BCUT2D eigenvalue weighted by Gasteiger charge is 2.55. The van der Waals surface area contributed by atoms with Crippen LogP contribution in [-0.2, 0) is 39.3 Å². The number of methoxy groups -OCH3 is 1. The highest BCUT2D eigenvalue weighted by atomic mass is 19.1. The summed E-state index contributed by atoms with van der Waals surface area (Å²) in [5.41, 5.74) is -2.83. The van der Waals surface area contributed by atoms with Crippen molar-refractivity contribution < 1.29 is 42.1 Å². The number of ether oxygens (including phenoxy) is 2. The largest absolute Gasteiger partial charge is 0.497 e. The second kappa shape index (κ2) is 10.4. The molecule has 2 fully saturated rings. The first-order chi connectivity index (χ1) is 17.6. The van der Waals surface area contributed by atoms with Crippen LogP contribution >= 0.6 is 0 Å². The van der Waals surface area contributed by atoms with Crippen LogP contribution in [0.2, 0.25) is 0 Å². The second-order valence-corrected chi connectivity index (χ2v) is 13.2. The zero-order valence-electron chi connectivity index (χ0n) is 25.2. The van der Waals surface area contributed by atoms with Crippen molar-refractivity contribution in [2.24, 2.45) is 0 Å². The van der Waals surface area contributed by atoms with Crippen LogP contribution in [0.1, 0.15) is 81.7 Å². The van der Waals surface area contributed by atoms with Gasteiger partial charge in [-0.3, -0.25) is 0 Å². The number of benzene rings is 1. The molecule has 0 aliphatic carbocycles. The summed E-state index contributed by atoms with van der Waals surface area (Å²) in [6, 6.07) is 2.03. The standard InChI is InChI=1S/C27H42B2FNO8/c1-23(2,3)35-22(33)31-19(21(32)34-12)15-16-13-17(28-36-24(4,5)25(6,7)37-28)20(30)18(14-16)29-38-26(8,9)27(10,11)39-29/h13-14,19H,15H2,1-12H3,(H,31,33)/t19-/m0/s1. The first kappa shape index (κ1) is 31.4. The number of carbonyl (C=O) groups is 2. The van der Waals surface area contributed by atoms with E-state index < -0.39 is 66.2 Å². The van der Waals surface area contributed by atoms with Crippen LogP contribution in [0.3, 0.4) is 0 Å². The van der Waals surface area contributed by atoms with Gasteiger partial charge in [0.15, 0.2) is 0 Å². The van der Waals surface area contributed by atoms with Gasteiger partial charge in [0, 0.05) is 17.3 Å². The monoisotopic (exact) mass is 549 g/mol. The third-order valence-electron chi connectivity index (χ3n) is 7.82. The summed E-state index contributed by atoms with van der Waals surface area (Å²) in [6.45, 7) is 20.2. The van der Waals surface area contributed by atoms with E-state index in [-0.39, 0.29) is 17.3 Å². The van der Waals surface area contributed by atoms with Crippen molar-refractivity contribution in [1.29, 1.82) is 0 Å². The number of carbonyl (C=O) groups excluding carboxylic acids is 2. The number of nitrogens with one attached hydrogen (secondary N) is 1. The van der Waals surface area contributed by atoms with Crippen LogP contribution in [0.5, 0.6) is 0 Å². The number of hydrogen-bond acceptors (Lipinski definition) is 8. The zero-order chi connectivity index (χ0) is 29.8. The predicted molar refractivity (Wildman–Crippen MR) is 147 cm³/mol. The van der Waals surface area contributed by atoms with Gasteiger partial charge in [-0.15, -0.1) is 0 Å². The van der Waals surface area contributed by atoms with Crippen molar-refractivity contribution >= 4 is 37.2 Å². The maximum absolute atomic E-state index is 16.2. The van der Waals surface area contributed by atoms with Gasteiger partial charge in [0.25, 0.3) is 0 Å². The van der Waals surface area contributed by atoms with E-state index in [0.29, 0.717) is 5.56 Å². The SMILES string of the molecule is COC(=O)[C@H](Cc1cc(B2OC(C)(C)C(C)(C)O2)c(F)c(B2OC(C)(C)C(C)(C)O2)c1)NC(=O)OC(C)(C)C.